The number of methoxy groups -OCH3 is 1. The Labute approximate surface area is 122 Å². The molecule has 2 aromatic rings. The van der Waals surface area contributed by atoms with E-state index >= 15 is 0 Å². The van der Waals surface area contributed by atoms with Crippen molar-refractivity contribution in [3.8, 4) is 5.75 Å². The zero-order valence-electron chi connectivity index (χ0n) is 11.5. The molecule has 0 bridgehead atoms. The third-order valence-corrected chi connectivity index (χ3v) is 3.89. The van der Waals surface area contributed by atoms with Gasteiger partial charge in [0.05, 0.1) is 7.11 Å². The van der Waals surface area contributed by atoms with E-state index in [9.17, 15) is 9.50 Å². The van der Waals surface area contributed by atoms with Gasteiger partial charge < -0.3 is 9.84 Å². The molecular weight excluding hydrogens is 275 g/mol. The van der Waals surface area contributed by atoms with Crippen molar-refractivity contribution in [1.82, 2.24) is 0 Å². The van der Waals surface area contributed by atoms with Crippen molar-refractivity contribution in [2.75, 3.05) is 12.9 Å². The summed E-state index contributed by atoms with van der Waals surface area (Å²) in [5.74, 6) is 0.712. The van der Waals surface area contributed by atoms with Gasteiger partial charge in [0.25, 0.3) is 0 Å². The molecule has 2 nitrogen and oxygen atoms in total. The third-order valence-electron chi connectivity index (χ3n) is 3.00. The highest BCUT2D eigenvalue weighted by molar-refractivity contribution is 7.99. The quantitative estimate of drug-likeness (QED) is 0.844. The van der Waals surface area contributed by atoms with Crippen molar-refractivity contribution >= 4 is 11.8 Å². The van der Waals surface area contributed by atoms with Crippen LogP contribution < -0.4 is 4.74 Å². The van der Waals surface area contributed by atoms with Gasteiger partial charge in [-0.1, -0.05) is 25.1 Å². The average Bonchev–Trinajstić information content (AvgIpc) is 2.47. The Morgan fingerprint density at radius 2 is 1.80 bits per heavy atom. The van der Waals surface area contributed by atoms with Crippen molar-refractivity contribution < 1.29 is 14.2 Å². The summed E-state index contributed by atoms with van der Waals surface area (Å²) in [6.45, 7) is 2.09. The van der Waals surface area contributed by atoms with Gasteiger partial charge in [0.2, 0.25) is 0 Å². The molecule has 106 valence electrons. The van der Waals surface area contributed by atoms with Crippen LogP contribution in [-0.2, 0) is 0 Å². The topological polar surface area (TPSA) is 29.5 Å². The smallest absolute Gasteiger partial charge is 0.165 e. The van der Waals surface area contributed by atoms with Crippen LogP contribution in [0.15, 0.2) is 47.4 Å². The number of thioether (sulfide) groups is 1. The molecule has 0 aromatic heterocycles. The lowest BCUT2D eigenvalue weighted by molar-refractivity contribution is 0.219. The first-order valence-corrected chi connectivity index (χ1v) is 7.38. The van der Waals surface area contributed by atoms with Crippen molar-refractivity contribution in [2.24, 2.45) is 0 Å². The molecule has 0 saturated carbocycles. The van der Waals surface area contributed by atoms with Crippen LogP contribution in [0.4, 0.5) is 4.39 Å². The Bertz CT molecular complexity index is 569. The van der Waals surface area contributed by atoms with Gasteiger partial charge in [0.1, 0.15) is 6.10 Å². The molecule has 0 saturated heterocycles. The summed E-state index contributed by atoms with van der Waals surface area (Å²) >= 11 is 1.74. The number of ether oxygens (including phenoxy) is 1. The molecule has 0 radical (unpaired) electrons. The molecule has 4 heteroatoms. The molecule has 0 amide bonds. The van der Waals surface area contributed by atoms with Gasteiger partial charge in [-0.3, -0.25) is 0 Å². The fraction of sp³-hybridized carbons (Fsp3) is 0.250. The molecule has 2 aromatic carbocycles. The lowest BCUT2D eigenvalue weighted by Crippen LogP contribution is -2.01. The predicted octanol–water partition coefficient (Wildman–Crippen LogP) is 4.03. The van der Waals surface area contributed by atoms with Crippen molar-refractivity contribution in [3.63, 3.8) is 0 Å². The van der Waals surface area contributed by atoms with E-state index < -0.39 is 11.9 Å². The highest BCUT2D eigenvalue weighted by Gasteiger charge is 2.13. The van der Waals surface area contributed by atoms with Gasteiger partial charge in [-0.2, -0.15) is 0 Å². The standard InChI is InChI=1S/C16H17FO2S/c1-3-20-13-7-4-11(5-8-13)16(18)12-6-9-15(19-2)14(17)10-12/h4-10,16,18H,3H2,1-2H3. The molecule has 0 spiro atoms. The maximum Gasteiger partial charge on any atom is 0.165 e. The van der Waals surface area contributed by atoms with Gasteiger partial charge in [-0.25, -0.2) is 4.39 Å². The predicted molar refractivity (Wildman–Crippen MR) is 79.9 cm³/mol. The summed E-state index contributed by atoms with van der Waals surface area (Å²) in [7, 11) is 1.42. The van der Waals surface area contributed by atoms with Crippen LogP contribution in [0.5, 0.6) is 5.75 Å². The zero-order valence-corrected chi connectivity index (χ0v) is 12.3. The van der Waals surface area contributed by atoms with Crippen LogP contribution in [0, 0.1) is 5.82 Å². The first-order chi connectivity index (χ1) is 9.65. The van der Waals surface area contributed by atoms with E-state index in [1.54, 1.807) is 17.8 Å². The maximum atomic E-state index is 13.7. The highest BCUT2D eigenvalue weighted by atomic mass is 32.2. The van der Waals surface area contributed by atoms with Gasteiger partial charge in [0.15, 0.2) is 11.6 Å². The van der Waals surface area contributed by atoms with E-state index in [2.05, 4.69) is 6.92 Å². The molecule has 1 unspecified atom stereocenters. The largest absolute Gasteiger partial charge is 0.494 e. The van der Waals surface area contributed by atoms with Crippen molar-refractivity contribution in [1.29, 1.82) is 0 Å². The van der Waals surface area contributed by atoms with Gasteiger partial charge >= 0.3 is 0 Å². The minimum absolute atomic E-state index is 0.177. The second kappa shape index (κ2) is 6.77. The Balaban J connectivity index is 2.21. The molecule has 1 atom stereocenters. The van der Waals surface area contributed by atoms with E-state index in [-0.39, 0.29) is 5.75 Å². The summed E-state index contributed by atoms with van der Waals surface area (Å²) in [5, 5.41) is 10.3. The number of benzene rings is 2. The van der Waals surface area contributed by atoms with Crippen LogP contribution >= 0.6 is 11.8 Å². The maximum absolute atomic E-state index is 13.7. The fourth-order valence-corrected chi connectivity index (χ4v) is 2.62. The summed E-state index contributed by atoms with van der Waals surface area (Å²) in [5.41, 5.74) is 1.26. The molecular formula is C16H17FO2S. The van der Waals surface area contributed by atoms with Crippen LogP contribution in [-0.4, -0.2) is 18.0 Å². The first-order valence-electron chi connectivity index (χ1n) is 6.40. The van der Waals surface area contributed by atoms with Gasteiger partial charge in [-0.15, -0.1) is 11.8 Å². The second-order valence-corrected chi connectivity index (χ2v) is 5.64. The van der Waals surface area contributed by atoms with E-state index in [1.165, 1.54) is 19.2 Å². The molecule has 1 N–H and O–H groups in total. The Hall–Kier alpha value is -1.52. The van der Waals surface area contributed by atoms with E-state index in [0.29, 0.717) is 5.56 Å². The number of aliphatic hydroxyl groups is 1. The number of aliphatic hydroxyl groups excluding tert-OH is 1. The molecule has 0 aliphatic carbocycles. The minimum atomic E-state index is -0.837. The lowest BCUT2D eigenvalue weighted by atomic mass is 10.0. The summed E-state index contributed by atoms with van der Waals surface area (Å²) < 4.78 is 18.5. The normalized spacial score (nSPS) is 12.2. The van der Waals surface area contributed by atoms with Crippen LogP contribution in [0.2, 0.25) is 0 Å². The van der Waals surface area contributed by atoms with Crippen LogP contribution in [0.25, 0.3) is 0 Å². The highest BCUT2D eigenvalue weighted by Crippen LogP contribution is 2.27. The van der Waals surface area contributed by atoms with E-state index in [0.717, 1.165) is 16.2 Å². The number of hydrogen-bond acceptors (Lipinski definition) is 3. The Kier molecular flexibility index (Phi) is 5.04. The third kappa shape index (κ3) is 3.32. The fourth-order valence-electron chi connectivity index (χ4n) is 1.96. The van der Waals surface area contributed by atoms with Crippen molar-refractivity contribution in [3.05, 3.63) is 59.4 Å². The number of hydrogen-bond donors (Lipinski definition) is 1. The minimum Gasteiger partial charge on any atom is -0.494 e. The SMILES string of the molecule is CCSc1ccc(C(O)c2ccc(OC)c(F)c2)cc1. The number of halogens is 1. The lowest BCUT2D eigenvalue weighted by Gasteiger charge is -2.13. The molecule has 0 heterocycles. The van der Waals surface area contributed by atoms with E-state index in [1.807, 2.05) is 24.3 Å². The summed E-state index contributed by atoms with van der Waals surface area (Å²) in [6.07, 6.45) is -0.837. The number of rotatable bonds is 5. The molecule has 0 aliphatic heterocycles. The van der Waals surface area contributed by atoms with Gasteiger partial charge in [0, 0.05) is 4.90 Å². The molecule has 2 rings (SSSR count). The van der Waals surface area contributed by atoms with Crippen molar-refractivity contribution in [2.45, 2.75) is 17.9 Å². The first kappa shape index (κ1) is 14.9. The average molecular weight is 292 g/mol. The Morgan fingerprint density at radius 1 is 1.15 bits per heavy atom. The van der Waals surface area contributed by atoms with E-state index in [4.69, 9.17) is 4.74 Å². The monoisotopic (exact) mass is 292 g/mol. The molecule has 0 fully saturated rings. The summed E-state index contributed by atoms with van der Waals surface area (Å²) in [6, 6.07) is 12.2. The van der Waals surface area contributed by atoms with Crippen LogP contribution in [0.3, 0.4) is 0 Å². The molecule has 20 heavy (non-hydrogen) atoms. The zero-order chi connectivity index (χ0) is 14.5. The summed E-state index contributed by atoms with van der Waals surface area (Å²) in [4.78, 5) is 1.16. The van der Waals surface area contributed by atoms with Gasteiger partial charge in [-0.05, 0) is 41.1 Å². The Morgan fingerprint density at radius 3 is 2.35 bits per heavy atom. The molecule has 0 aliphatic rings. The van der Waals surface area contributed by atoms with Crippen LogP contribution in [0.1, 0.15) is 24.2 Å². The second-order valence-electron chi connectivity index (χ2n) is 4.30.